The number of benzene rings is 2. The summed E-state index contributed by atoms with van der Waals surface area (Å²) in [5, 5.41) is 22.1. The molecule has 204 valence electrons. The number of aliphatic hydroxyl groups is 1. The van der Waals surface area contributed by atoms with Gasteiger partial charge in [-0.05, 0) is 35.4 Å². The molecule has 0 saturated carbocycles. The number of nitrogens with one attached hydrogen (secondary N) is 1. The standard InChI is InChI=1S/C29H30N2O7S/c1-3-15-36-29(35)31-22-12-10-21(11-13-22)28-37-24(17-39-26-23(27(33)34)5-4-14-30-26)18(2)25(38-28)20-8-6-19(16-32)7-9-20/h3-14,18,24-25,28,32H,1,15-17H2,2H3,(H,31,35)(H,33,34)/t18-,24+,25+,28+/m0/s1. The van der Waals surface area contributed by atoms with Gasteiger partial charge in [0.1, 0.15) is 11.6 Å². The van der Waals surface area contributed by atoms with E-state index in [2.05, 4.69) is 16.9 Å². The number of carbonyl (C=O) groups excluding carboxylic acids is 1. The maximum atomic E-state index is 11.8. The molecule has 2 aromatic carbocycles. The number of amides is 1. The molecule has 4 rings (SSSR count). The lowest BCUT2D eigenvalue weighted by molar-refractivity contribution is -0.268. The molecule has 0 spiro atoms. The largest absolute Gasteiger partial charge is 0.478 e. The molecule has 39 heavy (non-hydrogen) atoms. The smallest absolute Gasteiger partial charge is 0.411 e. The highest BCUT2D eigenvalue weighted by molar-refractivity contribution is 7.99. The fourth-order valence-electron chi connectivity index (χ4n) is 4.15. The van der Waals surface area contributed by atoms with Crippen molar-refractivity contribution in [3.63, 3.8) is 0 Å². The average Bonchev–Trinajstić information content (AvgIpc) is 2.96. The zero-order valence-electron chi connectivity index (χ0n) is 21.4. The van der Waals surface area contributed by atoms with E-state index in [4.69, 9.17) is 14.2 Å². The first kappa shape index (κ1) is 28.3. The molecule has 0 bridgehead atoms. The van der Waals surface area contributed by atoms with Crippen LogP contribution in [0, 0.1) is 5.92 Å². The number of ether oxygens (including phenoxy) is 3. The molecular formula is C29H30N2O7S. The molecule has 0 unspecified atom stereocenters. The minimum atomic E-state index is -1.03. The van der Waals surface area contributed by atoms with Gasteiger partial charge in [0.05, 0.1) is 24.4 Å². The lowest BCUT2D eigenvalue weighted by Crippen LogP contribution is -2.38. The Morgan fingerprint density at radius 1 is 1.10 bits per heavy atom. The third-order valence-corrected chi connectivity index (χ3v) is 7.36. The molecule has 4 atom stereocenters. The molecule has 1 aliphatic heterocycles. The Morgan fingerprint density at radius 2 is 1.82 bits per heavy atom. The van der Waals surface area contributed by atoms with Gasteiger partial charge >= 0.3 is 12.1 Å². The highest BCUT2D eigenvalue weighted by Gasteiger charge is 2.38. The first-order valence-electron chi connectivity index (χ1n) is 12.4. The van der Waals surface area contributed by atoms with E-state index in [1.54, 1.807) is 36.5 Å². The maximum absolute atomic E-state index is 11.8. The van der Waals surface area contributed by atoms with Crippen molar-refractivity contribution in [1.82, 2.24) is 4.98 Å². The van der Waals surface area contributed by atoms with E-state index in [0.29, 0.717) is 16.5 Å². The fourth-order valence-corrected chi connectivity index (χ4v) is 5.30. The average molecular weight is 551 g/mol. The van der Waals surface area contributed by atoms with Gasteiger partial charge in [0.15, 0.2) is 6.29 Å². The van der Waals surface area contributed by atoms with Crippen molar-refractivity contribution in [2.45, 2.75) is 37.1 Å². The quantitative estimate of drug-likeness (QED) is 0.219. The molecule has 2 heterocycles. The summed E-state index contributed by atoms with van der Waals surface area (Å²) >= 11 is 1.33. The van der Waals surface area contributed by atoms with E-state index in [1.165, 1.54) is 23.9 Å². The number of thioether (sulfide) groups is 1. The molecule has 1 aromatic heterocycles. The van der Waals surface area contributed by atoms with Crippen LogP contribution < -0.4 is 5.32 Å². The van der Waals surface area contributed by atoms with Crippen LogP contribution in [0.25, 0.3) is 0 Å². The van der Waals surface area contributed by atoms with E-state index < -0.39 is 18.4 Å². The second kappa shape index (κ2) is 13.4. The highest BCUT2D eigenvalue weighted by Crippen LogP contribution is 2.43. The van der Waals surface area contributed by atoms with Crippen molar-refractivity contribution in [2.24, 2.45) is 5.92 Å². The zero-order valence-corrected chi connectivity index (χ0v) is 22.2. The molecule has 1 saturated heterocycles. The lowest BCUT2D eigenvalue weighted by atomic mass is 9.91. The van der Waals surface area contributed by atoms with Gasteiger partial charge in [-0.15, -0.1) is 11.8 Å². The van der Waals surface area contributed by atoms with Crippen molar-refractivity contribution < 1.29 is 34.0 Å². The van der Waals surface area contributed by atoms with E-state index in [0.717, 1.165) is 16.7 Å². The SMILES string of the molecule is C=CCOC(=O)Nc1ccc([C@@H]2O[C@H](CSc3ncccc3C(=O)O)[C@H](C)[C@H](c3ccc(CO)cc3)O2)cc1. The van der Waals surface area contributed by atoms with E-state index in [1.807, 2.05) is 31.2 Å². The lowest BCUT2D eigenvalue weighted by Gasteiger charge is -2.41. The Hall–Kier alpha value is -3.70. The Bertz CT molecular complexity index is 1280. The molecule has 10 heteroatoms. The molecule has 3 N–H and O–H groups in total. The summed E-state index contributed by atoms with van der Waals surface area (Å²) in [6, 6.07) is 17.8. The van der Waals surface area contributed by atoms with Crippen molar-refractivity contribution in [2.75, 3.05) is 17.7 Å². The summed E-state index contributed by atoms with van der Waals surface area (Å²) in [4.78, 5) is 27.8. The van der Waals surface area contributed by atoms with Gasteiger partial charge in [-0.2, -0.15) is 0 Å². The van der Waals surface area contributed by atoms with Crippen molar-refractivity contribution >= 4 is 29.5 Å². The number of rotatable bonds is 10. The summed E-state index contributed by atoms with van der Waals surface area (Å²) < 4.78 is 17.8. The number of aliphatic hydroxyl groups excluding tert-OH is 1. The second-order valence-corrected chi connectivity index (χ2v) is 9.94. The fraction of sp³-hybridized carbons (Fsp3) is 0.276. The summed E-state index contributed by atoms with van der Waals surface area (Å²) in [5.74, 6) is -0.655. The van der Waals surface area contributed by atoms with Gasteiger partial charge in [-0.25, -0.2) is 14.6 Å². The third-order valence-electron chi connectivity index (χ3n) is 6.27. The van der Waals surface area contributed by atoms with Crippen LogP contribution in [0.5, 0.6) is 0 Å². The summed E-state index contributed by atoms with van der Waals surface area (Å²) in [7, 11) is 0. The summed E-state index contributed by atoms with van der Waals surface area (Å²) in [6.45, 7) is 5.61. The highest BCUT2D eigenvalue weighted by atomic mass is 32.2. The number of hydrogen-bond acceptors (Lipinski definition) is 8. The first-order chi connectivity index (χ1) is 18.9. The molecule has 3 aromatic rings. The monoisotopic (exact) mass is 550 g/mol. The van der Waals surface area contributed by atoms with Crippen LogP contribution in [0.1, 0.15) is 46.4 Å². The predicted molar refractivity (Wildman–Crippen MR) is 146 cm³/mol. The molecule has 1 fully saturated rings. The Balaban J connectivity index is 1.55. The molecule has 0 aliphatic carbocycles. The number of carboxylic acid groups (broad SMARTS) is 1. The third kappa shape index (κ3) is 7.24. The number of aromatic nitrogens is 1. The minimum Gasteiger partial charge on any atom is -0.478 e. The topological polar surface area (TPSA) is 127 Å². The summed E-state index contributed by atoms with van der Waals surface area (Å²) in [5.41, 5.74) is 3.19. The van der Waals surface area contributed by atoms with Crippen molar-refractivity contribution in [1.29, 1.82) is 0 Å². The molecule has 9 nitrogen and oxygen atoms in total. The molecule has 0 radical (unpaired) electrons. The Labute approximate surface area is 230 Å². The van der Waals surface area contributed by atoms with Crippen LogP contribution in [-0.4, -0.2) is 45.7 Å². The van der Waals surface area contributed by atoms with E-state index in [-0.39, 0.29) is 36.9 Å². The van der Waals surface area contributed by atoms with Gasteiger partial charge in [-0.3, -0.25) is 5.32 Å². The summed E-state index contributed by atoms with van der Waals surface area (Å²) in [6.07, 6.45) is 1.14. The number of nitrogens with zero attached hydrogens (tertiary/aromatic N) is 1. The first-order valence-corrected chi connectivity index (χ1v) is 13.3. The van der Waals surface area contributed by atoms with Crippen LogP contribution in [0.15, 0.2) is 84.5 Å². The van der Waals surface area contributed by atoms with Gasteiger partial charge < -0.3 is 24.4 Å². The van der Waals surface area contributed by atoms with Crippen molar-refractivity contribution in [3.05, 3.63) is 102 Å². The van der Waals surface area contributed by atoms with Gasteiger partial charge in [0.2, 0.25) is 0 Å². The normalized spacial score (nSPS) is 20.7. The number of pyridine rings is 1. The number of hydrogen-bond donors (Lipinski definition) is 3. The van der Waals surface area contributed by atoms with Crippen LogP contribution in [0.4, 0.5) is 10.5 Å². The number of carbonyl (C=O) groups is 2. The van der Waals surface area contributed by atoms with E-state index >= 15 is 0 Å². The van der Waals surface area contributed by atoms with Crippen molar-refractivity contribution in [3.8, 4) is 0 Å². The minimum absolute atomic E-state index is 0.0517. The second-order valence-electron chi connectivity index (χ2n) is 8.93. The van der Waals surface area contributed by atoms with Crippen LogP contribution in [0.2, 0.25) is 0 Å². The van der Waals surface area contributed by atoms with Gasteiger partial charge in [-0.1, -0.05) is 56.0 Å². The molecule has 1 aliphatic rings. The number of anilines is 1. The van der Waals surface area contributed by atoms with Gasteiger partial charge in [0.25, 0.3) is 0 Å². The molecule has 1 amide bonds. The van der Waals surface area contributed by atoms with Gasteiger partial charge in [0, 0.05) is 29.1 Å². The predicted octanol–water partition coefficient (Wildman–Crippen LogP) is 5.59. The van der Waals surface area contributed by atoms with Crippen LogP contribution in [-0.2, 0) is 20.8 Å². The zero-order chi connectivity index (χ0) is 27.8. The number of aromatic carboxylic acids is 1. The maximum Gasteiger partial charge on any atom is 0.411 e. The number of carboxylic acids is 1. The Morgan fingerprint density at radius 3 is 2.49 bits per heavy atom. The molecular weight excluding hydrogens is 520 g/mol. The van der Waals surface area contributed by atoms with Crippen LogP contribution >= 0.6 is 11.8 Å². The van der Waals surface area contributed by atoms with E-state index in [9.17, 15) is 19.8 Å². The van der Waals surface area contributed by atoms with Crippen LogP contribution in [0.3, 0.4) is 0 Å². The Kier molecular flexibility index (Phi) is 9.72.